The first-order chi connectivity index (χ1) is 5.79. The van der Waals surface area contributed by atoms with Gasteiger partial charge in [0.25, 0.3) is 0 Å². The first-order valence-corrected chi connectivity index (χ1v) is 4.24. The van der Waals surface area contributed by atoms with Gasteiger partial charge in [-0.1, -0.05) is 0 Å². The van der Waals surface area contributed by atoms with E-state index in [4.69, 9.17) is 0 Å². The highest BCUT2D eigenvalue weighted by Crippen LogP contribution is 2.30. The van der Waals surface area contributed by atoms with Crippen LogP contribution in [0.4, 0.5) is 0 Å². The highest BCUT2D eigenvalue weighted by molar-refractivity contribution is 4.90. The average molecular weight is 167 g/mol. The Bertz CT molecular complexity index is 238. The minimum Gasteiger partial charge on any atom is -0.293 e. The van der Waals surface area contributed by atoms with Crippen molar-refractivity contribution in [1.29, 1.82) is 0 Å². The van der Waals surface area contributed by atoms with Crippen molar-refractivity contribution < 1.29 is 0 Å². The van der Waals surface area contributed by atoms with Crippen LogP contribution >= 0.6 is 0 Å². The lowest BCUT2D eigenvalue weighted by molar-refractivity contribution is 0.188. The second kappa shape index (κ2) is 2.82. The van der Waals surface area contributed by atoms with E-state index in [1.165, 1.54) is 19.3 Å². The van der Waals surface area contributed by atoms with Gasteiger partial charge >= 0.3 is 0 Å². The molecule has 1 aliphatic rings. The molecule has 0 spiro atoms. The monoisotopic (exact) mass is 167 g/mol. The largest absolute Gasteiger partial charge is 0.293 e. The highest BCUT2D eigenvalue weighted by atomic mass is 15.5. The number of hydrogen-bond acceptors (Lipinski definition) is 4. The summed E-state index contributed by atoms with van der Waals surface area (Å²) in [5.74, 6) is 0. The summed E-state index contributed by atoms with van der Waals surface area (Å²) in [6, 6.07) is 0. The van der Waals surface area contributed by atoms with Crippen LogP contribution in [0.25, 0.3) is 0 Å². The summed E-state index contributed by atoms with van der Waals surface area (Å²) in [5.41, 5.74) is 0.325. The molecule has 0 bridgehead atoms. The third-order valence-corrected chi connectivity index (χ3v) is 2.52. The molecule has 1 heterocycles. The molecule has 0 radical (unpaired) electrons. The summed E-state index contributed by atoms with van der Waals surface area (Å²) in [6.45, 7) is 2.95. The summed E-state index contributed by atoms with van der Waals surface area (Å²) in [7, 11) is 0. The molecular weight excluding hydrogens is 154 g/mol. The molecule has 1 N–H and O–H groups in total. The Balaban J connectivity index is 1.82. The molecule has 0 amide bonds. The molecule has 1 aromatic heterocycles. The van der Waals surface area contributed by atoms with E-state index in [1.807, 2.05) is 0 Å². The maximum atomic E-state index is 3.77. The molecule has 1 aromatic rings. The molecule has 66 valence electrons. The van der Waals surface area contributed by atoms with Crippen molar-refractivity contribution in [1.82, 2.24) is 25.5 Å². The Labute approximate surface area is 71.1 Å². The van der Waals surface area contributed by atoms with Gasteiger partial charge in [-0.05, 0) is 36.6 Å². The van der Waals surface area contributed by atoms with Crippen molar-refractivity contribution >= 4 is 0 Å². The topological polar surface area (TPSA) is 55.6 Å². The van der Waals surface area contributed by atoms with Crippen molar-refractivity contribution in [3.63, 3.8) is 0 Å². The molecule has 0 atom stereocenters. The molecule has 5 nitrogen and oxygen atoms in total. The Kier molecular flexibility index (Phi) is 1.80. The van der Waals surface area contributed by atoms with Crippen LogP contribution in [0, 0.1) is 0 Å². The highest BCUT2D eigenvalue weighted by Gasteiger charge is 2.30. The Morgan fingerprint density at radius 3 is 2.92 bits per heavy atom. The maximum absolute atomic E-state index is 3.77. The fraction of sp³-hybridized carbons (Fsp3) is 0.857. The smallest absolute Gasteiger partial charge is 0.139 e. The number of hydrogen-bond donors (Lipinski definition) is 1. The van der Waals surface area contributed by atoms with Crippen LogP contribution in [0.2, 0.25) is 0 Å². The lowest BCUT2D eigenvalue weighted by Crippen LogP contribution is -2.48. The van der Waals surface area contributed by atoms with E-state index < -0.39 is 0 Å². The van der Waals surface area contributed by atoms with E-state index in [0.29, 0.717) is 12.2 Å². The molecule has 0 aromatic carbocycles. The van der Waals surface area contributed by atoms with E-state index >= 15 is 0 Å². The van der Waals surface area contributed by atoms with Gasteiger partial charge in [0, 0.05) is 5.54 Å². The number of nitrogens with zero attached hydrogens (tertiary/aromatic N) is 4. The molecule has 1 aliphatic carbocycles. The first-order valence-electron chi connectivity index (χ1n) is 4.24. The van der Waals surface area contributed by atoms with Crippen LogP contribution in [0.3, 0.4) is 0 Å². The van der Waals surface area contributed by atoms with Crippen LogP contribution in [0.5, 0.6) is 0 Å². The summed E-state index contributed by atoms with van der Waals surface area (Å²) in [5, 5.41) is 14.3. The van der Waals surface area contributed by atoms with Gasteiger partial charge in [-0.15, -0.1) is 5.10 Å². The lowest BCUT2D eigenvalue weighted by Gasteiger charge is -2.39. The van der Waals surface area contributed by atoms with Crippen LogP contribution in [-0.4, -0.2) is 25.7 Å². The Morgan fingerprint density at radius 2 is 2.42 bits per heavy atom. The number of tetrazole rings is 1. The van der Waals surface area contributed by atoms with Gasteiger partial charge in [0.05, 0.1) is 6.67 Å². The summed E-state index contributed by atoms with van der Waals surface area (Å²) < 4.78 is 1.70. The van der Waals surface area contributed by atoms with Crippen LogP contribution in [-0.2, 0) is 6.67 Å². The zero-order chi connectivity index (χ0) is 8.44. The Hall–Kier alpha value is -0.970. The molecule has 0 unspecified atom stereocenters. The molecule has 1 saturated carbocycles. The van der Waals surface area contributed by atoms with Gasteiger partial charge in [0.15, 0.2) is 0 Å². The van der Waals surface area contributed by atoms with E-state index in [-0.39, 0.29) is 0 Å². The quantitative estimate of drug-likeness (QED) is 0.697. The fourth-order valence-electron chi connectivity index (χ4n) is 1.41. The first kappa shape index (κ1) is 7.67. The Morgan fingerprint density at radius 1 is 1.58 bits per heavy atom. The summed E-state index contributed by atoms with van der Waals surface area (Å²) >= 11 is 0. The standard InChI is InChI=1S/C7H13N5/c1-7(3-2-4-7)8-5-12-6-9-10-11-12/h6,8H,2-5H2,1H3. The lowest BCUT2D eigenvalue weighted by atomic mass is 9.79. The number of rotatable bonds is 3. The third kappa shape index (κ3) is 1.45. The number of nitrogens with one attached hydrogen (secondary N) is 1. The minimum absolute atomic E-state index is 0.325. The molecule has 0 saturated heterocycles. The van der Waals surface area contributed by atoms with Gasteiger partial charge < -0.3 is 0 Å². The van der Waals surface area contributed by atoms with E-state index in [9.17, 15) is 0 Å². The van der Waals surface area contributed by atoms with Gasteiger partial charge in [-0.2, -0.15) is 0 Å². The molecule has 0 aliphatic heterocycles. The van der Waals surface area contributed by atoms with E-state index in [2.05, 4.69) is 27.8 Å². The molecular formula is C7H13N5. The van der Waals surface area contributed by atoms with E-state index in [1.54, 1.807) is 11.0 Å². The van der Waals surface area contributed by atoms with Gasteiger partial charge in [-0.3, -0.25) is 5.32 Å². The van der Waals surface area contributed by atoms with Crippen molar-refractivity contribution in [3.05, 3.63) is 6.33 Å². The molecule has 2 rings (SSSR count). The van der Waals surface area contributed by atoms with Crippen molar-refractivity contribution in [2.45, 2.75) is 38.4 Å². The van der Waals surface area contributed by atoms with Crippen LogP contribution in [0.15, 0.2) is 6.33 Å². The second-order valence-electron chi connectivity index (χ2n) is 3.60. The zero-order valence-corrected chi connectivity index (χ0v) is 7.19. The van der Waals surface area contributed by atoms with Crippen LogP contribution in [0.1, 0.15) is 26.2 Å². The SMILES string of the molecule is CC1(NCn2cnnn2)CCC1. The average Bonchev–Trinajstić information content (AvgIpc) is 2.49. The maximum Gasteiger partial charge on any atom is 0.139 e. The third-order valence-electron chi connectivity index (χ3n) is 2.52. The van der Waals surface area contributed by atoms with Crippen LogP contribution < -0.4 is 5.32 Å². The predicted octanol–water partition coefficient (Wildman–Crippen LogP) is 0.163. The minimum atomic E-state index is 0.325. The molecule has 5 heteroatoms. The predicted molar refractivity (Wildman–Crippen MR) is 43.2 cm³/mol. The zero-order valence-electron chi connectivity index (χ0n) is 7.19. The van der Waals surface area contributed by atoms with E-state index in [0.717, 1.165) is 0 Å². The number of aromatic nitrogens is 4. The summed E-state index contributed by atoms with van der Waals surface area (Å²) in [6.07, 6.45) is 5.47. The van der Waals surface area contributed by atoms with Crippen molar-refractivity contribution in [2.24, 2.45) is 0 Å². The van der Waals surface area contributed by atoms with Crippen molar-refractivity contribution in [3.8, 4) is 0 Å². The van der Waals surface area contributed by atoms with Gasteiger partial charge in [-0.25, -0.2) is 4.68 Å². The second-order valence-corrected chi connectivity index (χ2v) is 3.60. The molecule has 1 fully saturated rings. The van der Waals surface area contributed by atoms with Gasteiger partial charge in [0.2, 0.25) is 0 Å². The van der Waals surface area contributed by atoms with Gasteiger partial charge in [0.1, 0.15) is 6.33 Å². The normalized spacial score (nSPS) is 20.4. The van der Waals surface area contributed by atoms with Crippen molar-refractivity contribution in [2.75, 3.05) is 0 Å². The summed E-state index contributed by atoms with van der Waals surface area (Å²) in [4.78, 5) is 0. The molecule has 12 heavy (non-hydrogen) atoms. The fourth-order valence-corrected chi connectivity index (χ4v) is 1.41.